The van der Waals surface area contributed by atoms with Crippen molar-refractivity contribution in [3.05, 3.63) is 34.3 Å². The number of nitrogens with one attached hydrogen (secondary N) is 1. The van der Waals surface area contributed by atoms with E-state index in [1.165, 1.54) is 6.42 Å². The molecule has 1 aromatic heterocycles. The van der Waals surface area contributed by atoms with E-state index in [2.05, 4.69) is 16.8 Å². The minimum atomic E-state index is -0.442. The fourth-order valence-electron chi connectivity index (χ4n) is 3.30. The number of likely N-dealkylation sites (tertiary alicyclic amines) is 1. The van der Waals surface area contributed by atoms with Crippen molar-refractivity contribution < 1.29 is 9.21 Å². The Bertz CT molecular complexity index is 716. The standard InChI is InChI=1S/C17H22N2O3/c1-2-13-5-3-4-10-19(13)16(20)9-7-12-6-8-15-14(11-12)18-17(21)22-15/h6,8,11,13H,2-5,7,9-10H2,1H3,(H,18,21). The molecule has 3 rings (SSSR count). The van der Waals surface area contributed by atoms with Gasteiger partial charge in [-0.3, -0.25) is 9.78 Å². The second-order valence-electron chi connectivity index (χ2n) is 5.99. The van der Waals surface area contributed by atoms with Gasteiger partial charge in [-0.25, -0.2) is 4.79 Å². The molecule has 0 spiro atoms. The quantitative estimate of drug-likeness (QED) is 0.944. The molecule has 5 heteroatoms. The van der Waals surface area contributed by atoms with E-state index in [9.17, 15) is 9.59 Å². The van der Waals surface area contributed by atoms with E-state index in [0.29, 0.717) is 30.0 Å². The van der Waals surface area contributed by atoms with E-state index in [4.69, 9.17) is 4.42 Å². The molecule has 1 aliphatic heterocycles. The first-order chi connectivity index (χ1) is 10.7. The van der Waals surface area contributed by atoms with Crippen LogP contribution in [0.15, 0.2) is 27.4 Å². The molecule has 1 unspecified atom stereocenters. The predicted octanol–water partition coefficient (Wildman–Crippen LogP) is 2.84. The van der Waals surface area contributed by atoms with Gasteiger partial charge in [-0.05, 0) is 49.8 Å². The molecule has 2 heterocycles. The summed E-state index contributed by atoms with van der Waals surface area (Å²) >= 11 is 0. The number of oxazole rings is 1. The van der Waals surface area contributed by atoms with Gasteiger partial charge in [-0.15, -0.1) is 0 Å². The molecule has 22 heavy (non-hydrogen) atoms. The van der Waals surface area contributed by atoms with Crippen molar-refractivity contribution in [2.24, 2.45) is 0 Å². The number of fused-ring (bicyclic) bond motifs is 1. The summed E-state index contributed by atoms with van der Waals surface area (Å²) in [6.45, 7) is 3.05. The molecule has 5 nitrogen and oxygen atoms in total. The van der Waals surface area contributed by atoms with Gasteiger partial charge in [0.25, 0.3) is 0 Å². The minimum Gasteiger partial charge on any atom is -0.408 e. The first kappa shape index (κ1) is 14.9. The summed E-state index contributed by atoms with van der Waals surface area (Å²) in [5.41, 5.74) is 2.30. The average Bonchev–Trinajstić information content (AvgIpc) is 2.91. The normalized spacial score (nSPS) is 18.8. The van der Waals surface area contributed by atoms with E-state index in [0.717, 1.165) is 31.4 Å². The van der Waals surface area contributed by atoms with E-state index >= 15 is 0 Å². The van der Waals surface area contributed by atoms with Crippen molar-refractivity contribution in [3.63, 3.8) is 0 Å². The zero-order valence-electron chi connectivity index (χ0n) is 12.9. The van der Waals surface area contributed by atoms with Crippen LogP contribution >= 0.6 is 0 Å². The van der Waals surface area contributed by atoms with Crippen LogP contribution in [0.2, 0.25) is 0 Å². The third kappa shape index (κ3) is 3.08. The third-order valence-corrected chi connectivity index (χ3v) is 4.53. The van der Waals surface area contributed by atoms with E-state index < -0.39 is 5.76 Å². The van der Waals surface area contributed by atoms with Crippen molar-refractivity contribution in [2.45, 2.75) is 51.5 Å². The lowest BCUT2D eigenvalue weighted by molar-refractivity contribution is -0.134. The van der Waals surface area contributed by atoms with Gasteiger partial charge in [0.1, 0.15) is 0 Å². The summed E-state index contributed by atoms with van der Waals surface area (Å²) in [4.78, 5) is 28.3. The van der Waals surface area contributed by atoms with Gasteiger partial charge in [0.15, 0.2) is 5.58 Å². The van der Waals surface area contributed by atoms with Gasteiger partial charge in [0.2, 0.25) is 5.91 Å². The fourth-order valence-corrected chi connectivity index (χ4v) is 3.30. The number of hydrogen-bond donors (Lipinski definition) is 1. The second-order valence-corrected chi connectivity index (χ2v) is 5.99. The summed E-state index contributed by atoms with van der Waals surface area (Å²) in [6.07, 6.45) is 5.72. The van der Waals surface area contributed by atoms with Crippen LogP contribution in [0.5, 0.6) is 0 Å². The van der Waals surface area contributed by atoms with Gasteiger partial charge in [0, 0.05) is 19.0 Å². The Hall–Kier alpha value is -2.04. The summed E-state index contributed by atoms with van der Waals surface area (Å²) in [5.74, 6) is -0.199. The maximum absolute atomic E-state index is 12.5. The maximum Gasteiger partial charge on any atom is 0.417 e. The van der Waals surface area contributed by atoms with Crippen molar-refractivity contribution in [1.29, 1.82) is 0 Å². The maximum atomic E-state index is 12.5. The van der Waals surface area contributed by atoms with Gasteiger partial charge in [-0.1, -0.05) is 13.0 Å². The molecule has 1 saturated heterocycles. The number of H-pyrrole nitrogens is 1. The van der Waals surface area contributed by atoms with Gasteiger partial charge >= 0.3 is 5.76 Å². The highest BCUT2D eigenvalue weighted by Gasteiger charge is 2.24. The van der Waals surface area contributed by atoms with E-state index in [1.54, 1.807) is 6.07 Å². The zero-order chi connectivity index (χ0) is 15.5. The van der Waals surface area contributed by atoms with Gasteiger partial charge in [0.05, 0.1) is 5.52 Å². The molecule has 1 N–H and O–H groups in total. The lowest BCUT2D eigenvalue weighted by Crippen LogP contribution is -2.43. The first-order valence-electron chi connectivity index (χ1n) is 8.08. The minimum absolute atomic E-state index is 0.243. The molecule has 0 aliphatic carbocycles. The summed E-state index contributed by atoms with van der Waals surface area (Å²) in [5, 5.41) is 0. The van der Waals surface area contributed by atoms with Crippen molar-refractivity contribution in [2.75, 3.05) is 6.54 Å². The summed E-state index contributed by atoms with van der Waals surface area (Å²) in [6, 6.07) is 6.00. The van der Waals surface area contributed by atoms with Crippen LogP contribution in [0.3, 0.4) is 0 Å². The van der Waals surface area contributed by atoms with Crippen LogP contribution in [0.1, 0.15) is 44.6 Å². The second kappa shape index (κ2) is 6.38. The highest BCUT2D eigenvalue weighted by atomic mass is 16.4. The number of amides is 1. The number of hydrogen-bond acceptors (Lipinski definition) is 3. The molecule has 1 aromatic carbocycles. The molecular weight excluding hydrogens is 280 g/mol. The Morgan fingerprint density at radius 1 is 1.41 bits per heavy atom. The molecule has 0 radical (unpaired) electrons. The fraction of sp³-hybridized carbons (Fsp3) is 0.529. The number of rotatable bonds is 4. The Kier molecular flexibility index (Phi) is 4.32. The molecule has 0 bridgehead atoms. The largest absolute Gasteiger partial charge is 0.417 e. The number of aromatic nitrogens is 1. The number of carbonyl (C=O) groups is 1. The Morgan fingerprint density at radius 3 is 3.09 bits per heavy atom. The van der Waals surface area contributed by atoms with Crippen molar-refractivity contribution in [3.8, 4) is 0 Å². The van der Waals surface area contributed by atoms with Gasteiger partial charge < -0.3 is 9.32 Å². The monoisotopic (exact) mass is 302 g/mol. The summed E-state index contributed by atoms with van der Waals surface area (Å²) in [7, 11) is 0. The highest BCUT2D eigenvalue weighted by Crippen LogP contribution is 2.21. The Labute approximate surface area is 129 Å². The lowest BCUT2D eigenvalue weighted by atomic mass is 9.99. The van der Waals surface area contributed by atoms with Gasteiger partial charge in [-0.2, -0.15) is 0 Å². The van der Waals surface area contributed by atoms with Crippen LogP contribution in [-0.4, -0.2) is 28.4 Å². The van der Waals surface area contributed by atoms with Crippen LogP contribution in [0.25, 0.3) is 11.1 Å². The molecule has 1 aliphatic rings. The number of aryl methyl sites for hydroxylation is 1. The molecule has 1 amide bonds. The molecule has 1 fully saturated rings. The molecule has 118 valence electrons. The Balaban J connectivity index is 1.65. The third-order valence-electron chi connectivity index (χ3n) is 4.53. The number of aromatic amines is 1. The van der Waals surface area contributed by atoms with Crippen LogP contribution in [-0.2, 0) is 11.2 Å². The molecule has 0 saturated carbocycles. The van der Waals surface area contributed by atoms with Crippen LogP contribution in [0, 0.1) is 0 Å². The van der Waals surface area contributed by atoms with Crippen LogP contribution in [0.4, 0.5) is 0 Å². The molecule has 1 atom stereocenters. The number of piperidine rings is 1. The Morgan fingerprint density at radius 2 is 2.27 bits per heavy atom. The molecule has 2 aromatic rings. The highest BCUT2D eigenvalue weighted by molar-refractivity contribution is 5.77. The zero-order valence-corrected chi connectivity index (χ0v) is 12.9. The number of nitrogens with zero attached hydrogens (tertiary/aromatic N) is 1. The van der Waals surface area contributed by atoms with Crippen molar-refractivity contribution >= 4 is 17.0 Å². The SMILES string of the molecule is CCC1CCCCN1C(=O)CCc1ccc2oc(=O)[nH]c2c1. The predicted molar refractivity (Wildman–Crippen MR) is 84.8 cm³/mol. The lowest BCUT2D eigenvalue weighted by Gasteiger charge is -2.35. The number of benzene rings is 1. The smallest absolute Gasteiger partial charge is 0.408 e. The number of carbonyl (C=O) groups excluding carboxylic acids is 1. The first-order valence-corrected chi connectivity index (χ1v) is 8.08. The summed E-state index contributed by atoms with van der Waals surface area (Å²) < 4.78 is 4.99. The topological polar surface area (TPSA) is 66.3 Å². The van der Waals surface area contributed by atoms with E-state index in [-0.39, 0.29) is 5.91 Å². The van der Waals surface area contributed by atoms with Crippen molar-refractivity contribution in [1.82, 2.24) is 9.88 Å². The molecular formula is C17H22N2O3. The average molecular weight is 302 g/mol. The van der Waals surface area contributed by atoms with Crippen LogP contribution < -0.4 is 5.76 Å². The van der Waals surface area contributed by atoms with E-state index in [1.807, 2.05) is 12.1 Å².